The van der Waals surface area contributed by atoms with Crippen molar-refractivity contribution in [2.45, 2.75) is 0 Å². The minimum absolute atomic E-state index is 0.0181. The van der Waals surface area contributed by atoms with Crippen LogP contribution in [-0.2, 0) is 9.47 Å². The summed E-state index contributed by atoms with van der Waals surface area (Å²) in [5.74, 6) is 14.9. The van der Waals surface area contributed by atoms with E-state index in [-0.39, 0.29) is 62.8 Å². The fraction of sp³-hybridized carbons (Fsp3) is 0.0370. The lowest BCUT2D eigenvalue weighted by atomic mass is 10.2. The summed E-state index contributed by atoms with van der Waals surface area (Å²) in [4.78, 5) is 43.1. The Morgan fingerprint density at radius 1 is 0.479 bits per heavy atom. The van der Waals surface area contributed by atoms with Crippen molar-refractivity contribution in [2.24, 2.45) is 0 Å². The van der Waals surface area contributed by atoms with Gasteiger partial charge in [-0.3, -0.25) is 4.79 Å². The highest BCUT2D eigenvalue weighted by atomic mass is 79.9. The highest BCUT2D eigenvalue weighted by Gasteiger charge is 2.11. The van der Waals surface area contributed by atoms with Crippen molar-refractivity contribution in [3.05, 3.63) is 236 Å². The lowest BCUT2D eigenvalue weighted by Gasteiger charge is -1.92. The molecular formula is C54H32BrClF4O11. The van der Waals surface area contributed by atoms with Gasteiger partial charge in [-0.2, -0.15) is 0 Å². The van der Waals surface area contributed by atoms with Crippen LogP contribution in [0.4, 0.5) is 17.6 Å². The zero-order chi connectivity index (χ0) is 51.7. The van der Waals surface area contributed by atoms with Crippen molar-refractivity contribution in [3.63, 3.8) is 0 Å². The number of terminal acetylenes is 1. The maximum Gasteiger partial charge on any atom is 0.374 e. The van der Waals surface area contributed by atoms with Crippen LogP contribution in [0.15, 0.2) is 168 Å². The number of carbonyl (C=O) groups excluding carboxylic acids is 3. The van der Waals surface area contributed by atoms with Crippen LogP contribution in [0.3, 0.4) is 0 Å². The second kappa shape index (κ2) is 28.2. The Morgan fingerprint density at radius 2 is 0.803 bits per heavy atom. The summed E-state index contributed by atoms with van der Waals surface area (Å²) in [7, 11) is 2.56. The van der Waals surface area contributed by atoms with Crippen LogP contribution in [0.25, 0.3) is 0 Å². The van der Waals surface area contributed by atoms with Gasteiger partial charge in [-0.05, 0) is 142 Å². The van der Waals surface area contributed by atoms with E-state index in [0.29, 0.717) is 10.2 Å². The van der Waals surface area contributed by atoms with Crippen molar-refractivity contribution in [1.29, 1.82) is 0 Å². The maximum absolute atomic E-state index is 13.3. The van der Waals surface area contributed by atoms with Crippen LogP contribution in [0.2, 0.25) is 0 Å². The molecule has 8 aromatic rings. The third-order valence-electron chi connectivity index (χ3n) is 8.18. The van der Waals surface area contributed by atoms with Gasteiger partial charge >= 0.3 is 17.9 Å². The molecule has 1 N–H and O–H groups in total. The number of rotatable bonds is 4. The number of methoxy groups -OCH3 is 2. The van der Waals surface area contributed by atoms with E-state index < -0.39 is 40.6 Å². The van der Waals surface area contributed by atoms with Gasteiger partial charge in [-0.15, -0.1) is 6.42 Å². The summed E-state index contributed by atoms with van der Waals surface area (Å²) in [6.07, 6.45) is 4.96. The van der Waals surface area contributed by atoms with Gasteiger partial charge in [-0.25, -0.2) is 31.9 Å². The van der Waals surface area contributed by atoms with Crippen molar-refractivity contribution in [3.8, 4) is 47.9 Å². The lowest BCUT2D eigenvalue weighted by molar-refractivity contribution is 0.0556. The quantitative estimate of drug-likeness (QED) is 0.0773. The summed E-state index contributed by atoms with van der Waals surface area (Å²) in [5.41, 5.74) is 1.09. The predicted molar refractivity (Wildman–Crippen MR) is 254 cm³/mol. The molecule has 4 aromatic carbocycles. The highest BCUT2D eigenvalue weighted by Crippen LogP contribution is 2.15. The molecule has 71 heavy (non-hydrogen) atoms. The van der Waals surface area contributed by atoms with Crippen molar-refractivity contribution in [2.75, 3.05) is 14.2 Å². The molecule has 0 atom stereocenters. The first-order valence-electron chi connectivity index (χ1n) is 19.8. The third-order valence-corrected chi connectivity index (χ3v) is 8.79. The first-order chi connectivity index (χ1) is 34.1. The molecule has 0 saturated carbocycles. The van der Waals surface area contributed by atoms with Crippen LogP contribution >= 0.6 is 27.5 Å². The van der Waals surface area contributed by atoms with Gasteiger partial charge in [0.2, 0.25) is 17.3 Å². The van der Waals surface area contributed by atoms with Crippen LogP contribution in [0.1, 0.15) is 81.8 Å². The molecule has 0 bridgehead atoms. The molecule has 0 saturated heterocycles. The number of aromatic carboxylic acids is 1. The van der Waals surface area contributed by atoms with E-state index in [1.165, 1.54) is 87.0 Å². The lowest BCUT2D eigenvalue weighted by Crippen LogP contribution is -1.98. The molecule has 0 unspecified atom stereocenters. The standard InChI is InChI=1S/C14H9FO3.C13H6ClFO2.C13H7FO3.C8H5F.C6H5BrO3/c1-17-14(16)13-9-8-11(18-13)7-6-10-4-2-3-5-12(10)15;14-13(16)12-8-7-10(17-12)6-5-9-3-1-2-4-11(9)15;14-11-4-2-1-3-9(11)5-6-10-7-8-12(17-10)13(15)16;1-2-7-5-3-4-6-8(7)9;1-9-6(8)4-2-3-5(7)10-4/h2-5,8-9H,1H3;1-4,7-8H;1-4,7-8H,(H,15,16);1,3-6H;2-3H,1H3. The zero-order valence-electron chi connectivity index (χ0n) is 36.7. The summed E-state index contributed by atoms with van der Waals surface area (Å²) in [6, 6.07) is 36.4. The first kappa shape index (κ1) is 54.4. The molecular weight excluding hydrogens is 1020 g/mol. The largest absolute Gasteiger partial charge is 0.475 e. The molecule has 17 heteroatoms. The van der Waals surface area contributed by atoms with Gasteiger partial charge in [-0.1, -0.05) is 72.2 Å². The Hall–Kier alpha value is -9.19. The molecule has 8 rings (SSSR count). The average molecular weight is 1050 g/mol. The summed E-state index contributed by atoms with van der Waals surface area (Å²) < 4.78 is 81.5. The number of esters is 2. The van der Waals surface area contributed by atoms with Crippen molar-refractivity contribution in [1.82, 2.24) is 0 Å². The van der Waals surface area contributed by atoms with Gasteiger partial charge < -0.3 is 32.2 Å². The molecule has 4 aromatic heterocycles. The van der Waals surface area contributed by atoms with E-state index in [1.807, 2.05) is 0 Å². The number of benzene rings is 4. The minimum atomic E-state index is -1.16. The number of ether oxygens (including phenoxy) is 2. The second-order valence-corrected chi connectivity index (χ2v) is 14.1. The molecule has 0 radical (unpaired) electrons. The predicted octanol–water partition coefficient (Wildman–Crippen LogP) is 12.0. The monoisotopic (exact) mass is 1050 g/mol. The van der Waals surface area contributed by atoms with Gasteiger partial charge in [0.15, 0.2) is 27.7 Å². The number of carboxylic acids is 1. The number of halogens is 6. The number of furan rings is 4. The summed E-state index contributed by atoms with van der Waals surface area (Å²) >= 11 is 8.27. The van der Waals surface area contributed by atoms with Crippen LogP contribution < -0.4 is 0 Å². The minimum Gasteiger partial charge on any atom is -0.475 e. The first-order valence-corrected chi connectivity index (χ1v) is 20.9. The normalized spacial score (nSPS) is 9.34. The van der Waals surface area contributed by atoms with Gasteiger partial charge in [0.05, 0.1) is 36.5 Å². The molecule has 11 nitrogen and oxygen atoms in total. The number of carboxylic acid groups (broad SMARTS) is 1. The number of hydrogen-bond acceptors (Lipinski definition) is 10. The van der Waals surface area contributed by atoms with Crippen molar-refractivity contribution >= 4 is 50.7 Å². The Labute approximate surface area is 416 Å². The summed E-state index contributed by atoms with van der Waals surface area (Å²) in [5, 5.41) is 7.93. The fourth-order valence-corrected chi connectivity index (χ4v) is 5.23. The number of hydrogen-bond donors (Lipinski definition) is 1. The Morgan fingerprint density at radius 3 is 1.10 bits per heavy atom. The molecule has 0 aliphatic carbocycles. The zero-order valence-corrected chi connectivity index (χ0v) is 39.1. The fourth-order valence-electron chi connectivity index (χ4n) is 4.82. The van der Waals surface area contributed by atoms with E-state index in [0.717, 1.165) is 0 Å². The molecule has 0 fully saturated rings. The molecule has 356 valence electrons. The molecule has 4 heterocycles. The topological polar surface area (TPSA) is 160 Å². The van der Waals surface area contributed by atoms with Gasteiger partial charge in [0.1, 0.15) is 23.3 Å². The maximum atomic E-state index is 13.3. The SMILES string of the molecule is C#Cc1ccccc1F.COC(=O)c1ccc(Br)o1.COC(=O)c1ccc(C#Cc2ccccc2F)o1.O=C(Cl)c1ccc(C#Cc2ccccc2F)o1.O=C(O)c1ccc(C#Cc2ccccc2F)o1. The van der Waals surface area contributed by atoms with Crippen molar-refractivity contribution < 1.29 is 69.0 Å². The Bertz CT molecular complexity index is 3250. The molecule has 0 aliphatic heterocycles. The second-order valence-electron chi connectivity index (χ2n) is 13.0. The van der Waals surface area contributed by atoms with Crippen LogP contribution in [0, 0.1) is 71.1 Å². The molecule has 0 aliphatic rings. The van der Waals surface area contributed by atoms with E-state index in [9.17, 15) is 36.7 Å². The molecule has 0 spiro atoms. The Balaban J connectivity index is 0.000000197. The molecule has 0 amide bonds. The third kappa shape index (κ3) is 18.1. The van der Waals surface area contributed by atoms with E-state index >= 15 is 0 Å². The summed E-state index contributed by atoms with van der Waals surface area (Å²) in [6.45, 7) is 0. The smallest absolute Gasteiger partial charge is 0.374 e. The van der Waals surface area contributed by atoms with Gasteiger partial charge in [0, 0.05) is 0 Å². The Kier molecular flexibility index (Phi) is 21.6. The van der Waals surface area contributed by atoms with E-state index in [4.69, 9.17) is 40.8 Å². The van der Waals surface area contributed by atoms with E-state index in [1.54, 1.807) is 72.8 Å². The van der Waals surface area contributed by atoms with Crippen LogP contribution in [0.5, 0.6) is 0 Å². The van der Waals surface area contributed by atoms with Crippen LogP contribution in [-0.4, -0.2) is 42.5 Å². The van der Waals surface area contributed by atoms with Gasteiger partial charge in [0.25, 0.3) is 5.24 Å². The number of carbonyl (C=O) groups is 4. The highest BCUT2D eigenvalue weighted by molar-refractivity contribution is 9.10. The average Bonchev–Trinajstić information content (AvgIpc) is 4.23. The van der Waals surface area contributed by atoms with E-state index in [2.05, 4.69) is 66.8 Å².